The first-order valence-corrected chi connectivity index (χ1v) is 6.86. The molecule has 2 amide bonds. The van der Waals surface area contributed by atoms with E-state index in [0.29, 0.717) is 11.3 Å². The van der Waals surface area contributed by atoms with Crippen LogP contribution < -0.4 is 4.74 Å². The van der Waals surface area contributed by atoms with Gasteiger partial charge in [0.05, 0.1) is 7.11 Å². The van der Waals surface area contributed by atoms with E-state index in [1.165, 1.54) is 0 Å². The highest BCUT2D eigenvalue weighted by molar-refractivity contribution is 6.03. The summed E-state index contributed by atoms with van der Waals surface area (Å²) in [6.07, 6.45) is -0.640. The average molecular weight is 293 g/mol. The van der Waals surface area contributed by atoms with Crippen LogP contribution in [0.25, 0.3) is 0 Å². The smallest absolute Gasteiger partial charge is 0.417 e. The van der Waals surface area contributed by atoms with Crippen molar-refractivity contribution in [1.82, 2.24) is 4.90 Å². The van der Waals surface area contributed by atoms with E-state index < -0.39 is 11.7 Å². The zero-order valence-corrected chi connectivity index (χ0v) is 13.5. The average Bonchev–Trinajstić information content (AvgIpc) is 2.36. The number of ether oxygens (including phenoxy) is 2. The van der Waals surface area contributed by atoms with Crippen LogP contribution in [0.4, 0.5) is 4.79 Å². The summed E-state index contributed by atoms with van der Waals surface area (Å²) in [5.74, 6) is 0.266. The fourth-order valence-corrected chi connectivity index (χ4v) is 1.71. The summed E-state index contributed by atoms with van der Waals surface area (Å²) in [4.78, 5) is 25.8. The van der Waals surface area contributed by atoms with Crippen molar-refractivity contribution >= 4 is 12.0 Å². The van der Waals surface area contributed by atoms with E-state index in [9.17, 15) is 9.59 Å². The SMILES string of the molecule is COc1ccc(C(=O)N(C(=O)OC(C)(C)C)C(C)C)cc1. The molecule has 1 aromatic carbocycles. The molecule has 0 atom stereocenters. The molecule has 0 saturated heterocycles. The van der Waals surface area contributed by atoms with Crippen LogP contribution in [0.5, 0.6) is 5.75 Å². The lowest BCUT2D eigenvalue weighted by atomic mass is 10.1. The minimum atomic E-state index is -0.648. The predicted octanol–water partition coefficient (Wildman–Crippen LogP) is 3.48. The number of benzene rings is 1. The molecule has 0 bridgehead atoms. The van der Waals surface area contributed by atoms with Gasteiger partial charge in [-0.25, -0.2) is 9.69 Å². The van der Waals surface area contributed by atoms with Crippen molar-refractivity contribution in [3.05, 3.63) is 29.8 Å². The second-order valence-electron chi connectivity index (χ2n) is 5.98. The normalized spacial score (nSPS) is 11.2. The van der Waals surface area contributed by atoms with Gasteiger partial charge in [-0.1, -0.05) is 0 Å². The van der Waals surface area contributed by atoms with Gasteiger partial charge in [-0.3, -0.25) is 4.79 Å². The zero-order valence-electron chi connectivity index (χ0n) is 13.5. The third-order valence-corrected chi connectivity index (χ3v) is 2.66. The van der Waals surface area contributed by atoms with Crippen molar-refractivity contribution in [1.29, 1.82) is 0 Å². The molecule has 0 heterocycles. The molecule has 1 aromatic rings. The third kappa shape index (κ3) is 4.77. The fraction of sp³-hybridized carbons (Fsp3) is 0.500. The number of carbonyl (C=O) groups excluding carboxylic acids is 2. The van der Waals surface area contributed by atoms with Crippen molar-refractivity contribution in [3.63, 3.8) is 0 Å². The molecule has 5 nitrogen and oxygen atoms in total. The second kappa shape index (κ2) is 6.61. The Hall–Kier alpha value is -2.04. The molecule has 0 unspecified atom stereocenters. The quantitative estimate of drug-likeness (QED) is 0.856. The van der Waals surface area contributed by atoms with Crippen LogP contribution in [0, 0.1) is 0 Å². The molecule has 5 heteroatoms. The monoisotopic (exact) mass is 293 g/mol. The number of amides is 2. The van der Waals surface area contributed by atoms with E-state index in [2.05, 4.69) is 0 Å². The number of hydrogen-bond acceptors (Lipinski definition) is 4. The van der Waals surface area contributed by atoms with E-state index >= 15 is 0 Å². The summed E-state index contributed by atoms with van der Waals surface area (Å²) in [7, 11) is 1.55. The molecule has 1 rings (SSSR count). The van der Waals surface area contributed by atoms with E-state index in [1.807, 2.05) is 0 Å². The van der Waals surface area contributed by atoms with E-state index in [-0.39, 0.29) is 11.9 Å². The van der Waals surface area contributed by atoms with Gasteiger partial charge in [0.25, 0.3) is 5.91 Å². The summed E-state index contributed by atoms with van der Waals surface area (Å²) in [6.45, 7) is 8.83. The molecule has 116 valence electrons. The van der Waals surface area contributed by atoms with Crippen LogP contribution in [0.1, 0.15) is 45.0 Å². The van der Waals surface area contributed by atoms with E-state index in [1.54, 1.807) is 66.0 Å². The van der Waals surface area contributed by atoms with Gasteiger partial charge in [-0.15, -0.1) is 0 Å². The largest absolute Gasteiger partial charge is 0.497 e. The predicted molar refractivity (Wildman–Crippen MR) is 80.5 cm³/mol. The van der Waals surface area contributed by atoms with Crippen LogP contribution >= 0.6 is 0 Å². The molecule has 21 heavy (non-hydrogen) atoms. The summed E-state index contributed by atoms with van der Waals surface area (Å²) in [5, 5.41) is 0. The van der Waals surface area contributed by atoms with E-state index in [0.717, 1.165) is 4.90 Å². The Kier molecular flexibility index (Phi) is 5.35. The maximum Gasteiger partial charge on any atom is 0.417 e. The van der Waals surface area contributed by atoms with Gasteiger partial charge in [0.2, 0.25) is 0 Å². The second-order valence-corrected chi connectivity index (χ2v) is 5.98. The highest BCUT2D eigenvalue weighted by atomic mass is 16.6. The summed E-state index contributed by atoms with van der Waals surface area (Å²) < 4.78 is 10.3. The number of hydrogen-bond donors (Lipinski definition) is 0. The summed E-state index contributed by atoms with van der Waals surface area (Å²) >= 11 is 0. The number of carbonyl (C=O) groups is 2. The molecular formula is C16H23NO4. The maximum absolute atomic E-state index is 12.5. The first-order chi connectivity index (χ1) is 9.65. The van der Waals surface area contributed by atoms with Crippen LogP contribution in [0.3, 0.4) is 0 Å². The molecule has 0 saturated carbocycles. The molecule has 0 aromatic heterocycles. The number of nitrogens with zero attached hydrogens (tertiary/aromatic N) is 1. The summed E-state index contributed by atoms with van der Waals surface area (Å²) in [6, 6.07) is 6.32. The van der Waals surface area contributed by atoms with Gasteiger partial charge < -0.3 is 9.47 Å². The third-order valence-electron chi connectivity index (χ3n) is 2.66. The van der Waals surface area contributed by atoms with Gasteiger partial charge in [-0.2, -0.15) is 0 Å². The highest BCUT2D eigenvalue weighted by Gasteiger charge is 2.30. The Morgan fingerprint density at radius 1 is 1.10 bits per heavy atom. The summed E-state index contributed by atoms with van der Waals surface area (Å²) in [5.41, 5.74) is -0.236. The van der Waals surface area contributed by atoms with Gasteiger partial charge in [0, 0.05) is 11.6 Å². The van der Waals surface area contributed by atoms with Crippen molar-refractivity contribution in [2.24, 2.45) is 0 Å². The lowest BCUT2D eigenvalue weighted by Gasteiger charge is -2.28. The Bertz CT molecular complexity index is 500. The maximum atomic E-state index is 12.5. The Labute approximate surface area is 125 Å². The molecule has 0 aliphatic rings. The van der Waals surface area contributed by atoms with Crippen LogP contribution in [0.15, 0.2) is 24.3 Å². The van der Waals surface area contributed by atoms with Gasteiger partial charge in [0.15, 0.2) is 0 Å². The number of imide groups is 1. The van der Waals surface area contributed by atoms with Gasteiger partial charge in [0.1, 0.15) is 11.4 Å². The Morgan fingerprint density at radius 3 is 2.00 bits per heavy atom. The van der Waals surface area contributed by atoms with Gasteiger partial charge in [-0.05, 0) is 58.9 Å². The van der Waals surface area contributed by atoms with E-state index in [4.69, 9.17) is 9.47 Å². The first-order valence-electron chi connectivity index (χ1n) is 6.86. The Morgan fingerprint density at radius 2 is 1.62 bits per heavy atom. The Balaban J connectivity index is 2.99. The molecular weight excluding hydrogens is 270 g/mol. The topological polar surface area (TPSA) is 55.8 Å². The first kappa shape index (κ1) is 17.0. The minimum absolute atomic E-state index is 0.297. The molecule has 0 radical (unpaired) electrons. The molecule has 0 spiro atoms. The van der Waals surface area contributed by atoms with Crippen molar-refractivity contribution < 1.29 is 19.1 Å². The number of rotatable bonds is 3. The van der Waals surface area contributed by atoms with Gasteiger partial charge >= 0.3 is 6.09 Å². The molecule has 0 fully saturated rings. The van der Waals surface area contributed by atoms with Crippen LogP contribution in [-0.4, -0.2) is 35.7 Å². The number of methoxy groups -OCH3 is 1. The standard InChI is InChI=1S/C16H23NO4/c1-11(2)17(15(19)21-16(3,4)5)14(18)12-7-9-13(20-6)10-8-12/h7-11H,1-6H3. The molecule has 0 aliphatic heterocycles. The minimum Gasteiger partial charge on any atom is -0.497 e. The van der Waals surface area contributed by atoms with Crippen LogP contribution in [-0.2, 0) is 4.74 Å². The van der Waals surface area contributed by atoms with Crippen molar-refractivity contribution in [2.75, 3.05) is 7.11 Å². The van der Waals surface area contributed by atoms with Crippen LogP contribution in [0.2, 0.25) is 0 Å². The lowest BCUT2D eigenvalue weighted by molar-refractivity contribution is 0.0191. The highest BCUT2D eigenvalue weighted by Crippen LogP contribution is 2.17. The lowest BCUT2D eigenvalue weighted by Crippen LogP contribution is -2.44. The zero-order chi connectivity index (χ0) is 16.2. The van der Waals surface area contributed by atoms with Crippen molar-refractivity contribution in [2.45, 2.75) is 46.3 Å². The fourth-order valence-electron chi connectivity index (χ4n) is 1.71. The molecule has 0 aliphatic carbocycles. The van der Waals surface area contributed by atoms with Crippen molar-refractivity contribution in [3.8, 4) is 5.75 Å². The molecule has 0 N–H and O–H groups in total.